The van der Waals surface area contributed by atoms with E-state index in [0.717, 1.165) is 0 Å². The van der Waals surface area contributed by atoms with Crippen molar-refractivity contribution in [3.8, 4) is 0 Å². The van der Waals surface area contributed by atoms with Crippen LogP contribution in [0.1, 0.15) is 5.56 Å². The zero-order chi connectivity index (χ0) is 14.7. The number of non-ortho nitro benzene ring substituents is 1. The number of hydrogen-bond acceptors (Lipinski definition) is 3. The van der Waals surface area contributed by atoms with Gasteiger partial charge in [0.15, 0.2) is 0 Å². The second-order valence-corrected chi connectivity index (χ2v) is 5.04. The summed E-state index contributed by atoms with van der Waals surface area (Å²) < 4.78 is 0. The Morgan fingerprint density at radius 2 is 1.70 bits per heavy atom. The van der Waals surface area contributed by atoms with E-state index in [1.807, 2.05) is 0 Å². The van der Waals surface area contributed by atoms with Crippen molar-refractivity contribution in [3.05, 3.63) is 67.1 Å². The molecule has 0 unspecified atom stereocenters. The zero-order valence-electron chi connectivity index (χ0n) is 9.89. The Balaban J connectivity index is 2.33. The summed E-state index contributed by atoms with van der Waals surface area (Å²) in [6.07, 6.45) is 1.44. The van der Waals surface area contributed by atoms with Crippen LogP contribution < -0.4 is 0 Å². The standard InChI is InChI=1S/C13H7Cl3N2O2/c14-11-4-2-10(18(19)20)5-8(11)7-17-9-1-3-12(15)13(16)6-9/h1-7H. The predicted octanol–water partition coefficient (Wildman–Crippen LogP) is 5.31. The van der Waals surface area contributed by atoms with Gasteiger partial charge in [0, 0.05) is 28.9 Å². The molecule has 4 nitrogen and oxygen atoms in total. The maximum Gasteiger partial charge on any atom is 0.270 e. The highest BCUT2D eigenvalue weighted by atomic mass is 35.5. The Morgan fingerprint density at radius 1 is 1.00 bits per heavy atom. The van der Waals surface area contributed by atoms with Crippen molar-refractivity contribution in [2.24, 2.45) is 4.99 Å². The van der Waals surface area contributed by atoms with Gasteiger partial charge in [0.05, 0.1) is 20.7 Å². The van der Waals surface area contributed by atoms with E-state index in [1.54, 1.807) is 18.2 Å². The molecule has 0 N–H and O–H groups in total. The number of nitro groups is 1. The molecule has 0 aliphatic carbocycles. The molecule has 0 aliphatic heterocycles. The molecule has 2 rings (SSSR count). The smallest absolute Gasteiger partial charge is 0.258 e. The molecule has 2 aromatic rings. The van der Waals surface area contributed by atoms with E-state index in [1.165, 1.54) is 24.4 Å². The summed E-state index contributed by atoms with van der Waals surface area (Å²) in [6, 6.07) is 9.02. The molecule has 0 radical (unpaired) electrons. The van der Waals surface area contributed by atoms with Crippen LogP contribution >= 0.6 is 34.8 Å². The first-order chi connectivity index (χ1) is 9.47. The summed E-state index contributed by atoms with van der Waals surface area (Å²) in [5, 5.41) is 11.9. The Morgan fingerprint density at radius 3 is 2.35 bits per heavy atom. The molecule has 7 heteroatoms. The lowest BCUT2D eigenvalue weighted by molar-refractivity contribution is -0.384. The van der Waals surface area contributed by atoms with Crippen LogP contribution in [0.5, 0.6) is 0 Å². The van der Waals surface area contributed by atoms with E-state index >= 15 is 0 Å². The van der Waals surface area contributed by atoms with Crippen molar-refractivity contribution in [2.45, 2.75) is 0 Å². The first-order valence-electron chi connectivity index (χ1n) is 5.40. The summed E-state index contributed by atoms with van der Waals surface area (Å²) in [4.78, 5) is 14.4. The third kappa shape index (κ3) is 3.48. The number of halogens is 3. The average Bonchev–Trinajstić information content (AvgIpc) is 2.41. The van der Waals surface area contributed by atoms with Crippen LogP contribution in [0, 0.1) is 10.1 Å². The third-order valence-corrected chi connectivity index (χ3v) is 3.53. The molecule has 0 atom stereocenters. The molecule has 0 bridgehead atoms. The van der Waals surface area contributed by atoms with Gasteiger partial charge in [-0.05, 0) is 24.3 Å². The van der Waals surface area contributed by atoms with Crippen LogP contribution in [0.4, 0.5) is 11.4 Å². The summed E-state index contributed by atoms with van der Waals surface area (Å²) in [5.41, 5.74) is 0.971. The van der Waals surface area contributed by atoms with Crippen LogP contribution in [0.2, 0.25) is 15.1 Å². The quantitative estimate of drug-likeness (QED) is 0.435. The van der Waals surface area contributed by atoms with Crippen LogP contribution in [-0.4, -0.2) is 11.1 Å². The fraction of sp³-hybridized carbons (Fsp3) is 0. The average molecular weight is 330 g/mol. The lowest BCUT2D eigenvalue weighted by Gasteiger charge is -1.99. The molecule has 0 saturated heterocycles. The van der Waals surface area contributed by atoms with E-state index in [9.17, 15) is 10.1 Å². The number of hydrogen-bond donors (Lipinski definition) is 0. The van der Waals surface area contributed by atoms with Crippen molar-refractivity contribution in [1.29, 1.82) is 0 Å². The Bertz CT molecular complexity index is 702. The van der Waals surface area contributed by atoms with Crippen molar-refractivity contribution in [2.75, 3.05) is 0 Å². The minimum absolute atomic E-state index is 0.0509. The van der Waals surface area contributed by atoms with Crippen molar-refractivity contribution >= 4 is 52.4 Å². The number of nitrogens with zero attached hydrogens (tertiary/aromatic N) is 2. The molecule has 0 amide bonds. The Kier molecular flexibility index (Phi) is 4.60. The van der Waals surface area contributed by atoms with Crippen molar-refractivity contribution in [1.82, 2.24) is 0 Å². The van der Waals surface area contributed by atoms with Crippen LogP contribution in [0.25, 0.3) is 0 Å². The molecule has 0 heterocycles. The second kappa shape index (κ2) is 6.22. The summed E-state index contributed by atoms with van der Waals surface area (Å²) in [6.45, 7) is 0. The molecule has 2 aromatic carbocycles. The molecule has 20 heavy (non-hydrogen) atoms. The fourth-order valence-corrected chi connectivity index (χ4v) is 1.91. The van der Waals surface area contributed by atoms with Gasteiger partial charge in [-0.2, -0.15) is 0 Å². The highest BCUT2D eigenvalue weighted by Gasteiger charge is 2.08. The first kappa shape index (κ1) is 14.8. The molecule has 102 valence electrons. The maximum absolute atomic E-state index is 10.7. The zero-order valence-corrected chi connectivity index (χ0v) is 12.2. The molecule has 0 spiro atoms. The summed E-state index contributed by atoms with van der Waals surface area (Å²) in [7, 11) is 0. The van der Waals surface area contributed by atoms with Gasteiger partial charge in [0.1, 0.15) is 0 Å². The normalized spacial score (nSPS) is 10.9. The third-order valence-electron chi connectivity index (χ3n) is 2.45. The van der Waals surface area contributed by atoms with Crippen LogP contribution in [0.3, 0.4) is 0 Å². The monoisotopic (exact) mass is 328 g/mol. The SMILES string of the molecule is O=[N+]([O-])c1ccc(Cl)c(C=Nc2ccc(Cl)c(Cl)c2)c1. The predicted molar refractivity (Wildman–Crippen MR) is 81.8 cm³/mol. The van der Waals surface area contributed by atoms with E-state index in [2.05, 4.69) is 4.99 Å². The Hall–Kier alpha value is -1.62. The van der Waals surface area contributed by atoms with Gasteiger partial charge < -0.3 is 0 Å². The fourth-order valence-electron chi connectivity index (χ4n) is 1.45. The molecular weight excluding hydrogens is 323 g/mol. The molecular formula is C13H7Cl3N2O2. The number of aliphatic imine (C=N–C) groups is 1. The number of benzene rings is 2. The van der Waals surface area contributed by atoms with Gasteiger partial charge in [-0.3, -0.25) is 15.1 Å². The lowest BCUT2D eigenvalue weighted by Crippen LogP contribution is -1.90. The largest absolute Gasteiger partial charge is 0.270 e. The van der Waals surface area contributed by atoms with Crippen molar-refractivity contribution < 1.29 is 4.92 Å². The van der Waals surface area contributed by atoms with Crippen LogP contribution in [0.15, 0.2) is 41.4 Å². The lowest BCUT2D eigenvalue weighted by atomic mass is 10.2. The van der Waals surface area contributed by atoms with E-state index in [-0.39, 0.29) is 5.69 Å². The van der Waals surface area contributed by atoms with Gasteiger partial charge >= 0.3 is 0 Å². The van der Waals surface area contributed by atoms with Crippen molar-refractivity contribution in [3.63, 3.8) is 0 Å². The molecule has 0 aliphatic rings. The number of nitro benzene ring substituents is 1. The summed E-state index contributed by atoms with van der Waals surface area (Å²) in [5.74, 6) is 0. The first-order valence-corrected chi connectivity index (χ1v) is 6.54. The summed E-state index contributed by atoms with van der Waals surface area (Å²) >= 11 is 17.6. The topological polar surface area (TPSA) is 55.5 Å². The highest BCUT2D eigenvalue weighted by Crippen LogP contribution is 2.27. The molecule has 0 fully saturated rings. The molecule has 0 aromatic heterocycles. The van der Waals surface area contributed by atoms with Crippen LogP contribution in [-0.2, 0) is 0 Å². The minimum Gasteiger partial charge on any atom is -0.258 e. The number of rotatable bonds is 3. The van der Waals surface area contributed by atoms with Gasteiger partial charge in [-0.25, -0.2) is 0 Å². The van der Waals surface area contributed by atoms with E-state index in [0.29, 0.717) is 26.3 Å². The van der Waals surface area contributed by atoms with Gasteiger partial charge in [-0.15, -0.1) is 0 Å². The van der Waals surface area contributed by atoms with E-state index < -0.39 is 4.92 Å². The minimum atomic E-state index is -0.493. The highest BCUT2D eigenvalue weighted by molar-refractivity contribution is 6.42. The van der Waals surface area contributed by atoms with Gasteiger partial charge in [-0.1, -0.05) is 34.8 Å². The maximum atomic E-state index is 10.7. The van der Waals surface area contributed by atoms with Gasteiger partial charge in [0.25, 0.3) is 5.69 Å². The second-order valence-electron chi connectivity index (χ2n) is 3.82. The van der Waals surface area contributed by atoms with E-state index in [4.69, 9.17) is 34.8 Å². The van der Waals surface area contributed by atoms with Gasteiger partial charge in [0.2, 0.25) is 0 Å². The Labute approximate surface area is 129 Å². The molecule has 0 saturated carbocycles.